The van der Waals surface area contributed by atoms with Gasteiger partial charge < -0.3 is 20.1 Å². The van der Waals surface area contributed by atoms with Crippen LogP contribution in [0.3, 0.4) is 0 Å². The van der Waals surface area contributed by atoms with Gasteiger partial charge >= 0.3 is 0 Å². The Bertz CT molecular complexity index is 1030. The number of hydrogen-bond donors (Lipinski definition) is 3. The number of hydrogen-bond acceptors (Lipinski definition) is 4. The molecule has 0 bridgehead atoms. The van der Waals surface area contributed by atoms with Crippen molar-refractivity contribution in [2.45, 2.75) is 31.4 Å². The summed E-state index contributed by atoms with van der Waals surface area (Å²) in [5.74, 6) is 1.76. The lowest BCUT2D eigenvalue weighted by Crippen LogP contribution is -2.41. The van der Waals surface area contributed by atoms with E-state index in [-0.39, 0.29) is 24.0 Å². The van der Waals surface area contributed by atoms with Gasteiger partial charge in [0.1, 0.15) is 11.6 Å². The van der Waals surface area contributed by atoms with Crippen molar-refractivity contribution >= 4 is 5.91 Å². The molecule has 148 valence electrons. The van der Waals surface area contributed by atoms with Crippen molar-refractivity contribution in [2.75, 3.05) is 6.61 Å². The van der Waals surface area contributed by atoms with Crippen LogP contribution in [0.2, 0.25) is 0 Å². The van der Waals surface area contributed by atoms with E-state index in [4.69, 9.17) is 4.74 Å². The summed E-state index contributed by atoms with van der Waals surface area (Å²) in [6.07, 6.45) is 5.47. The molecule has 1 aliphatic heterocycles. The molecule has 3 aromatic rings. The van der Waals surface area contributed by atoms with Crippen LogP contribution in [-0.4, -0.2) is 33.7 Å². The summed E-state index contributed by atoms with van der Waals surface area (Å²) in [6.45, 7) is 0.706. The number of aromatic amines is 1. The highest BCUT2D eigenvalue weighted by Gasteiger charge is 2.36. The largest absolute Gasteiger partial charge is 0.493 e. The Morgan fingerprint density at radius 3 is 2.93 bits per heavy atom. The molecule has 2 aromatic carbocycles. The maximum atomic E-state index is 13.1. The van der Waals surface area contributed by atoms with E-state index in [9.17, 15) is 9.90 Å². The number of imidazole rings is 1. The average Bonchev–Trinajstić information content (AvgIpc) is 3.41. The first-order valence-corrected chi connectivity index (χ1v) is 10.0. The Kier molecular flexibility index (Phi) is 4.56. The molecule has 1 aliphatic carbocycles. The van der Waals surface area contributed by atoms with E-state index in [1.54, 1.807) is 12.4 Å². The van der Waals surface area contributed by atoms with Gasteiger partial charge in [0.05, 0.1) is 18.8 Å². The van der Waals surface area contributed by atoms with Crippen molar-refractivity contribution < 1.29 is 14.6 Å². The quantitative estimate of drug-likeness (QED) is 0.625. The number of nitrogens with zero attached hydrogens (tertiary/aromatic N) is 1. The van der Waals surface area contributed by atoms with Crippen molar-refractivity contribution in [3.05, 3.63) is 71.5 Å². The molecule has 6 nitrogen and oxygen atoms in total. The van der Waals surface area contributed by atoms with Crippen LogP contribution >= 0.6 is 0 Å². The molecule has 1 atom stereocenters. The molecule has 2 heterocycles. The van der Waals surface area contributed by atoms with Crippen LogP contribution in [-0.2, 0) is 6.42 Å². The van der Waals surface area contributed by atoms with Gasteiger partial charge in [-0.1, -0.05) is 18.2 Å². The van der Waals surface area contributed by atoms with E-state index in [2.05, 4.69) is 21.4 Å². The highest BCUT2D eigenvalue weighted by molar-refractivity contribution is 5.95. The third-order valence-electron chi connectivity index (χ3n) is 5.88. The second-order valence-electron chi connectivity index (χ2n) is 7.82. The first kappa shape index (κ1) is 17.9. The smallest absolute Gasteiger partial charge is 0.251 e. The van der Waals surface area contributed by atoms with Crippen LogP contribution < -0.4 is 10.1 Å². The number of aromatic nitrogens is 2. The highest BCUT2D eigenvalue weighted by Crippen LogP contribution is 2.40. The number of benzene rings is 2. The first-order chi connectivity index (χ1) is 14.2. The zero-order valence-electron chi connectivity index (χ0n) is 16.0. The highest BCUT2D eigenvalue weighted by atomic mass is 16.5. The number of H-pyrrole nitrogens is 1. The summed E-state index contributed by atoms with van der Waals surface area (Å²) in [6, 6.07) is 13.5. The van der Waals surface area contributed by atoms with E-state index in [0.29, 0.717) is 25.0 Å². The van der Waals surface area contributed by atoms with Crippen molar-refractivity contribution in [3.63, 3.8) is 0 Å². The molecule has 1 saturated carbocycles. The van der Waals surface area contributed by atoms with Gasteiger partial charge in [-0.05, 0) is 54.2 Å². The molecule has 0 unspecified atom stereocenters. The normalized spacial score (nSPS) is 21.0. The molecule has 29 heavy (non-hydrogen) atoms. The molecule has 0 saturated heterocycles. The fourth-order valence-electron chi connectivity index (χ4n) is 4.23. The SMILES string of the molecule is O=C(N[C@H](c1ccc2c(c1)CCO2)C1CC(O)C1)c1cccc(-c2ncc[nH]2)c1. The molecule has 1 fully saturated rings. The van der Waals surface area contributed by atoms with Crippen LogP contribution in [0, 0.1) is 5.92 Å². The topological polar surface area (TPSA) is 87.2 Å². The Morgan fingerprint density at radius 1 is 1.24 bits per heavy atom. The van der Waals surface area contributed by atoms with E-state index in [1.807, 2.05) is 36.4 Å². The minimum Gasteiger partial charge on any atom is -0.493 e. The molecular weight excluding hydrogens is 366 g/mol. The predicted molar refractivity (Wildman–Crippen MR) is 109 cm³/mol. The number of nitrogens with one attached hydrogen (secondary N) is 2. The van der Waals surface area contributed by atoms with Crippen LogP contribution in [0.1, 0.15) is 40.4 Å². The third-order valence-corrected chi connectivity index (χ3v) is 5.88. The number of aliphatic hydroxyl groups is 1. The Balaban J connectivity index is 1.40. The molecule has 6 heteroatoms. The summed E-state index contributed by atoms with van der Waals surface area (Å²) in [5.41, 5.74) is 3.71. The number of amides is 1. The summed E-state index contributed by atoms with van der Waals surface area (Å²) >= 11 is 0. The van der Waals surface area contributed by atoms with Crippen LogP contribution in [0.4, 0.5) is 0 Å². The monoisotopic (exact) mass is 389 g/mol. The number of aliphatic hydroxyl groups excluding tert-OH is 1. The van der Waals surface area contributed by atoms with E-state index in [0.717, 1.165) is 29.1 Å². The zero-order valence-corrected chi connectivity index (χ0v) is 16.0. The standard InChI is InChI=1S/C23H23N3O3/c27-19-12-18(13-19)21(15-4-5-20-14(10-15)6-9-29-20)26-23(28)17-3-1-2-16(11-17)22-24-7-8-25-22/h1-5,7-8,10-11,18-19,21,27H,6,9,12-13H2,(H,24,25)(H,26,28)/t18?,19?,21-/m1/s1. The van der Waals surface area contributed by atoms with Gasteiger partial charge in [0.25, 0.3) is 5.91 Å². The average molecular weight is 389 g/mol. The number of carbonyl (C=O) groups excluding carboxylic acids is 1. The van der Waals surface area contributed by atoms with E-state index >= 15 is 0 Å². The summed E-state index contributed by atoms with van der Waals surface area (Å²) < 4.78 is 5.61. The molecule has 1 amide bonds. The minimum absolute atomic E-state index is 0.124. The van der Waals surface area contributed by atoms with Gasteiger partial charge in [0, 0.05) is 29.9 Å². The van der Waals surface area contributed by atoms with Crippen LogP contribution in [0.25, 0.3) is 11.4 Å². The van der Waals surface area contributed by atoms with Gasteiger partial charge in [-0.15, -0.1) is 0 Å². The predicted octanol–water partition coefficient (Wildman–Crippen LogP) is 3.25. The summed E-state index contributed by atoms with van der Waals surface area (Å²) in [7, 11) is 0. The van der Waals surface area contributed by atoms with Gasteiger partial charge in [-0.3, -0.25) is 4.79 Å². The van der Waals surface area contributed by atoms with Gasteiger partial charge in [0.2, 0.25) is 0 Å². The Hall–Kier alpha value is -3.12. The fourth-order valence-corrected chi connectivity index (χ4v) is 4.23. The number of ether oxygens (including phenoxy) is 1. The molecule has 0 radical (unpaired) electrons. The number of rotatable bonds is 5. The molecule has 0 spiro atoms. The van der Waals surface area contributed by atoms with Crippen molar-refractivity contribution in [3.8, 4) is 17.1 Å². The third kappa shape index (κ3) is 3.51. The van der Waals surface area contributed by atoms with E-state index in [1.165, 1.54) is 5.56 Å². The lowest BCUT2D eigenvalue weighted by atomic mass is 9.74. The molecule has 1 aromatic heterocycles. The molecule has 5 rings (SSSR count). The summed E-state index contributed by atoms with van der Waals surface area (Å²) in [4.78, 5) is 20.4. The lowest BCUT2D eigenvalue weighted by Gasteiger charge is -2.38. The molecule has 2 aliphatic rings. The van der Waals surface area contributed by atoms with Crippen molar-refractivity contribution in [1.29, 1.82) is 0 Å². The van der Waals surface area contributed by atoms with Crippen molar-refractivity contribution in [2.24, 2.45) is 5.92 Å². The minimum atomic E-state index is -0.278. The molecular formula is C23H23N3O3. The second-order valence-corrected chi connectivity index (χ2v) is 7.82. The maximum Gasteiger partial charge on any atom is 0.251 e. The van der Waals surface area contributed by atoms with Gasteiger partial charge in [-0.25, -0.2) is 4.98 Å². The summed E-state index contributed by atoms with van der Waals surface area (Å²) in [5, 5.41) is 13.0. The fraction of sp³-hybridized carbons (Fsp3) is 0.304. The Labute approximate surface area is 169 Å². The maximum absolute atomic E-state index is 13.1. The van der Waals surface area contributed by atoms with Crippen molar-refractivity contribution in [1.82, 2.24) is 15.3 Å². The van der Waals surface area contributed by atoms with Crippen LogP contribution in [0.5, 0.6) is 5.75 Å². The zero-order chi connectivity index (χ0) is 19.8. The van der Waals surface area contributed by atoms with E-state index < -0.39 is 0 Å². The second kappa shape index (κ2) is 7.37. The molecule has 3 N–H and O–H groups in total. The van der Waals surface area contributed by atoms with Gasteiger partial charge in [0.15, 0.2) is 0 Å². The van der Waals surface area contributed by atoms with Crippen LogP contribution in [0.15, 0.2) is 54.9 Å². The number of carbonyl (C=O) groups is 1. The Morgan fingerprint density at radius 2 is 2.14 bits per heavy atom. The van der Waals surface area contributed by atoms with Gasteiger partial charge in [-0.2, -0.15) is 0 Å². The number of fused-ring (bicyclic) bond motifs is 1. The lowest BCUT2D eigenvalue weighted by molar-refractivity contribution is 0.0235. The first-order valence-electron chi connectivity index (χ1n) is 10.0.